The number of nitrogens with one attached hydrogen (secondary N) is 2. The molecule has 0 atom stereocenters. The van der Waals surface area contributed by atoms with Crippen molar-refractivity contribution in [2.45, 2.75) is 32.6 Å². The lowest BCUT2D eigenvalue weighted by Crippen LogP contribution is -2.49. The van der Waals surface area contributed by atoms with Gasteiger partial charge in [0.1, 0.15) is 6.54 Å². The van der Waals surface area contributed by atoms with Crippen LogP contribution < -0.4 is 10.6 Å². The molecule has 7 nitrogen and oxygen atoms in total. The van der Waals surface area contributed by atoms with Gasteiger partial charge in [-0.3, -0.25) is 9.59 Å². The first-order valence-electron chi connectivity index (χ1n) is 6.92. The topological polar surface area (TPSA) is 98.7 Å². The van der Waals surface area contributed by atoms with Gasteiger partial charge >= 0.3 is 12.0 Å². The smallest absolute Gasteiger partial charge is 0.317 e. The Morgan fingerprint density at radius 1 is 1.25 bits per heavy atom. The predicted molar refractivity (Wildman–Crippen MR) is 73.2 cm³/mol. The summed E-state index contributed by atoms with van der Waals surface area (Å²) in [5.41, 5.74) is -0.845. The van der Waals surface area contributed by atoms with Gasteiger partial charge in [-0.1, -0.05) is 12.8 Å². The van der Waals surface area contributed by atoms with Gasteiger partial charge in [-0.05, 0) is 19.8 Å². The number of hydrogen-bond acceptors (Lipinski definition) is 3. The number of likely N-dealkylation sites (N-methyl/N-ethyl adjacent to an activating group) is 2. The van der Waals surface area contributed by atoms with Gasteiger partial charge in [0.25, 0.3) is 0 Å². The van der Waals surface area contributed by atoms with Gasteiger partial charge in [0.2, 0.25) is 5.91 Å². The summed E-state index contributed by atoms with van der Waals surface area (Å²) in [5.74, 6) is -1.11. The van der Waals surface area contributed by atoms with Crippen LogP contribution in [-0.4, -0.2) is 54.6 Å². The number of carbonyl (C=O) groups excluding carboxylic acids is 2. The fraction of sp³-hybridized carbons (Fsp3) is 0.769. The molecule has 0 bridgehead atoms. The third-order valence-electron chi connectivity index (χ3n) is 3.87. The van der Waals surface area contributed by atoms with Crippen molar-refractivity contribution in [2.24, 2.45) is 5.41 Å². The number of carbonyl (C=O) groups is 3. The van der Waals surface area contributed by atoms with Crippen molar-refractivity contribution >= 4 is 17.9 Å². The number of carboxylic acids is 1. The molecule has 20 heavy (non-hydrogen) atoms. The van der Waals surface area contributed by atoms with Crippen molar-refractivity contribution in [1.29, 1.82) is 0 Å². The maximum absolute atomic E-state index is 12.0. The minimum atomic E-state index is -0.857. The summed E-state index contributed by atoms with van der Waals surface area (Å²) in [6, 6.07) is -0.399. The monoisotopic (exact) mass is 285 g/mol. The van der Waals surface area contributed by atoms with E-state index in [0.29, 0.717) is 19.4 Å². The first kappa shape index (κ1) is 16.3. The standard InChI is InChI=1S/C13H23N3O4/c1-3-16(8-10(17)14-2)12(20)15-9-13(11(18)19)6-4-5-7-13/h3-9H2,1-2H3,(H,14,17)(H,15,20)(H,18,19). The number of amides is 3. The average Bonchev–Trinajstić information content (AvgIpc) is 2.92. The van der Waals surface area contributed by atoms with Gasteiger partial charge in [-0.25, -0.2) is 4.79 Å². The van der Waals surface area contributed by atoms with Crippen LogP contribution in [0.2, 0.25) is 0 Å². The molecule has 3 N–H and O–H groups in total. The van der Waals surface area contributed by atoms with E-state index in [2.05, 4.69) is 10.6 Å². The van der Waals surface area contributed by atoms with E-state index >= 15 is 0 Å². The van der Waals surface area contributed by atoms with Crippen LogP contribution in [0, 0.1) is 5.41 Å². The molecule has 0 unspecified atom stereocenters. The van der Waals surface area contributed by atoms with Gasteiger partial charge in [-0.2, -0.15) is 0 Å². The zero-order chi connectivity index (χ0) is 15.2. The minimum Gasteiger partial charge on any atom is -0.481 e. The Morgan fingerprint density at radius 2 is 1.85 bits per heavy atom. The third kappa shape index (κ3) is 3.85. The largest absolute Gasteiger partial charge is 0.481 e. The van der Waals surface area contributed by atoms with E-state index in [1.807, 2.05) is 0 Å². The molecular formula is C13H23N3O4. The van der Waals surface area contributed by atoms with Crippen LogP contribution in [0.5, 0.6) is 0 Å². The lowest BCUT2D eigenvalue weighted by molar-refractivity contribution is -0.148. The van der Waals surface area contributed by atoms with Crippen LogP contribution in [0.1, 0.15) is 32.6 Å². The molecule has 0 aromatic carbocycles. The Labute approximate surface area is 118 Å². The Kier molecular flexibility index (Phi) is 5.79. The fourth-order valence-electron chi connectivity index (χ4n) is 2.45. The van der Waals surface area contributed by atoms with Gasteiger partial charge in [0.05, 0.1) is 5.41 Å². The number of carboxylic acid groups (broad SMARTS) is 1. The summed E-state index contributed by atoms with van der Waals surface area (Å²) < 4.78 is 0. The first-order chi connectivity index (χ1) is 9.45. The number of hydrogen-bond donors (Lipinski definition) is 3. The predicted octanol–water partition coefficient (Wildman–Crippen LogP) is 0.409. The van der Waals surface area contributed by atoms with E-state index in [1.54, 1.807) is 6.92 Å². The molecule has 0 radical (unpaired) electrons. The molecule has 0 heterocycles. The number of urea groups is 1. The molecule has 0 aliphatic heterocycles. The van der Waals surface area contributed by atoms with E-state index in [4.69, 9.17) is 0 Å². The summed E-state index contributed by atoms with van der Waals surface area (Å²) in [7, 11) is 1.51. The number of nitrogens with zero attached hydrogens (tertiary/aromatic N) is 1. The zero-order valence-electron chi connectivity index (χ0n) is 12.1. The van der Waals surface area contributed by atoms with Crippen molar-refractivity contribution in [3.63, 3.8) is 0 Å². The molecule has 1 rings (SSSR count). The van der Waals surface area contributed by atoms with E-state index in [0.717, 1.165) is 12.8 Å². The molecule has 0 saturated heterocycles. The molecule has 7 heteroatoms. The second-order valence-corrected chi connectivity index (χ2v) is 5.14. The van der Waals surface area contributed by atoms with Gasteiger partial charge in [-0.15, -0.1) is 0 Å². The second-order valence-electron chi connectivity index (χ2n) is 5.14. The minimum absolute atomic E-state index is 0.0289. The van der Waals surface area contributed by atoms with Crippen LogP contribution in [0.25, 0.3) is 0 Å². The highest BCUT2D eigenvalue weighted by molar-refractivity contribution is 5.84. The molecule has 114 valence electrons. The first-order valence-corrected chi connectivity index (χ1v) is 6.92. The Morgan fingerprint density at radius 3 is 2.30 bits per heavy atom. The summed E-state index contributed by atoms with van der Waals surface area (Å²) in [5, 5.41) is 14.4. The lowest BCUT2D eigenvalue weighted by atomic mass is 9.86. The summed E-state index contributed by atoms with van der Waals surface area (Å²) in [4.78, 5) is 36.0. The highest BCUT2D eigenvalue weighted by atomic mass is 16.4. The number of aliphatic carboxylic acids is 1. The van der Waals surface area contributed by atoms with Crippen LogP contribution in [0.4, 0.5) is 4.79 Å². The SMILES string of the molecule is CCN(CC(=O)NC)C(=O)NCC1(C(=O)O)CCCC1. The molecule has 3 amide bonds. The summed E-state index contributed by atoms with van der Waals surface area (Å²) >= 11 is 0. The molecule has 0 spiro atoms. The summed E-state index contributed by atoms with van der Waals surface area (Å²) in [6.07, 6.45) is 2.92. The normalized spacial score (nSPS) is 16.5. The van der Waals surface area contributed by atoms with Crippen molar-refractivity contribution in [1.82, 2.24) is 15.5 Å². The van der Waals surface area contributed by atoms with Gasteiger partial charge in [0.15, 0.2) is 0 Å². The van der Waals surface area contributed by atoms with Crippen LogP contribution in [0.15, 0.2) is 0 Å². The molecule has 1 aliphatic rings. The Balaban J connectivity index is 2.56. The second kappa shape index (κ2) is 7.12. The molecule has 1 fully saturated rings. The Hall–Kier alpha value is -1.79. The quantitative estimate of drug-likeness (QED) is 0.658. The third-order valence-corrected chi connectivity index (χ3v) is 3.87. The fourth-order valence-corrected chi connectivity index (χ4v) is 2.45. The summed E-state index contributed by atoms with van der Waals surface area (Å²) in [6.45, 7) is 2.24. The maximum Gasteiger partial charge on any atom is 0.317 e. The van der Waals surface area contributed by atoms with Crippen molar-refractivity contribution in [3.05, 3.63) is 0 Å². The molecule has 1 aliphatic carbocycles. The van der Waals surface area contributed by atoms with Crippen LogP contribution in [-0.2, 0) is 9.59 Å². The number of rotatable bonds is 6. The van der Waals surface area contributed by atoms with Crippen molar-refractivity contribution in [3.8, 4) is 0 Å². The molecule has 1 saturated carbocycles. The molecular weight excluding hydrogens is 262 g/mol. The molecule has 0 aromatic rings. The van der Waals surface area contributed by atoms with E-state index in [-0.39, 0.29) is 19.0 Å². The van der Waals surface area contributed by atoms with E-state index < -0.39 is 17.4 Å². The van der Waals surface area contributed by atoms with Gasteiger partial charge in [0, 0.05) is 20.1 Å². The highest BCUT2D eigenvalue weighted by Gasteiger charge is 2.41. The van der Waals surface area contributed by atoms with Crippen LogP contribution >= 0.6 is 0 Å². The highest BCUT2D eigenvalue weighted by Crippen LogP contribution is 2.37. The van der Waals surface area contributed by atoms with E-state index in [9.17, 15) is 19.5 Å². The van der Waals surface area contributed by atoms with E-state index in [1.165, 1.54) is 11.9 Å². The Bertz CT molecular complexity index is 378. The lowest BCUT2D eigenvalue weighted by Gasteiger charge is -2.27. The van der Waals surface area contributed by atoms with Gasteiger partial charge < -0.3 is 20.6 Å². The molecule has 0 aromatic heterocycles. The van der Waals surface area contributed by atoms with Crippen molar-refractivity contribution < 1.29 is 19.5 Å². The van der Waals surface area contributed by atoms with Crippen molar-refractivity contribution in [2.75, 3.05) is 26.7 Å². The average molecular weight is 285 g/mol. The zero-order valence-corrected chi connectivity index (χ0v) is 12.1. The van der Waals surface area contributed by atoms with Crippen LogP contribution in [0.3, 0.4) is 0 Å². The maximum atomic E-state index is 12.0.